The average molecular weight is 383 g/mol. The number of ether oxygens (including phenoxy) is 1. The van der Waals surface area contributed by atoms with Crippen molar-refractivity contribution in [3.05, 3.63) is 101 Å². The molecular formula is C24H21N3O2. The van der Waals surface area contributed by atoms with Gasteiger partial charge in [0.15, 0.2) is 0 Å². The van der Waals surface area contributed by atoms with E-state index in [4.69, 9.17) is 15.9 Å². The van der Waals surface area contributed by atoms with E-state index in [1.165, 1.54) is 7.11 Å². The number of esters is 1. The highest BCUT2D eigenvalue weighted by atomic mass is 16.5. The van der Waals surface area contributed by atoms with Crippen LogP contribution in [0.3, 0.4) is 0 Å². The summed E-state index contributed by atoms with van der Waals surface area (Å²) in [4.78, 5) is 15.6. The Hall–Kier alpha value is -3.99. The predicted octanol–water partition coefficient (Wildman–Crippen LogP) is 4.70. The molecule has 0 aliphatic rings. The Kier molecular flexibility index (Phi) is 6.32. The first-order valence-electron chi connectivity index (χ1n) is 9.00. The van der Waals surface area contributed by atoms with Gasteiger partial charge < -0.3 is 15.9 Å². The van der Waals surface area contributed by atoms with Crippen LogP contribution in [0.5, 0.6) is 0 Å². The van der Waals surface area contributed by atoms with Crippen molar-refractivity contribution in [1.82, 2.24) is 4.98 Å². The molecule has 0 saturated heterocycles. The third-order valence-electron chi connectivity index (χ3n) is 4.29. The lowest BCUT2D eigenvalue weighted by molar-refractivity contribution is 0.0600. The number of allylic oxidation sites excluding steroid dienone is 1. The molecule has 1 heterocycles. The van der Waals surface area contributed by atoms with E-state index in [0.29, 0.717) is 22.5 Å². The summed E-state index contributed by atoms with van der Waals surface area (Å²) in [7, 11) is 1.36. The molecule has 0 atom stereocenters. The number of rotatable bonds is 6. The maximum Gasteiger partial charge on any atom is 0.337 e. The fourth-order valence-electron chi connectivity index (χ4n) is 2.70. The van der Waals surface area contributed by atoms with Gasteiger partial charge in [-0.1, -0.05) is 42.5 Å². The van der Waals surface area contributed by atoms with Crippen molar-refractivity contribution in [1.29, 1.82) is 5.41 Å². The second-order valence-electron chi connectivity index (χ2n) is 6.33. The number of hydrogen-bond donors (Lipinski definition) is 2. The maximum atomic E-state index is 11.5. The zero-order valence-electron chi connectivity index (χ0n) is 16.0. The highest BCUT2D eigenvalue weighted by Crippen LogP contribution is 2.18. The lowest BCUT2D eigenvalue weighted by atomic mass is 10.0. The number of aromatic nitrogens is 1. The van der Waals surface area contributed by atoms with E-state index in [2.05, 4.69) is 4.98 Å². The highest BCUT2D eigenvalue weighted by Gasteiger charge is 2.05. The van der Waals surface area contributed by atoms with E-state index < -0.39 is 0 Å². The fraction of sp³-hybridized carbons (Fsp3) is 0.0417. The van der Waals surface area contributed by atoms with Gasteiger partial charge in [0, 0.05) is 23.6 Å². The van der Waals surface area contributed by atoms with Crippen molar-refractivity contribution in [2.24, 2.45) is 0 Å². The number of anilines is 1. The van der Waals surface area contributed by atoms with E-state index in [1.807, 2.05) is 54.6 Å². The monoisotopic (exact) mass is 383 g/mol. The number of nitrogen functional groups attached to an aromatic ring is 1. The van der Waals surface area contributed by atoms with Gasteiger partial charge in [-0.2, -0.15) is 0 Å². The molecule has 0 spiro atoms. The molecule has 1 aromatic heterocycles. The number of carbonyl (C=O) groups is 1. The largest absolute Gasteiger partial charge is 0.465 e. The molecular weight excluding hydrogens is 362 g/mol. The van der Waals surface area contributed by atoms with E-state index >= 15 is 0 Å². The van der Waals surface area contributed by atoms with E-state index in [0.717, 1.165) is 16.7 Å². The summed E-state index contributed by atoms with van der Waals surface area (Å²) < 4.78 is 4.70. The van der Waals surface area contributed by atoms with Crippen LogP contribution in [-0.4, -0.2) is 23.8 Å². The number of nitrogens with one attached hydrogen (secondary N) is 1. The van der Waals surface area contributed by atoms with Crippen LogP contribution >= 0.6 is 0 Å². The first kappa shape index (κ1) is 19.8. The minimum atomic E-state index is -0.360. The Labute approximate surface area is 169 Å². The van der Waals surface area contributed by atoms with Crippen molar-refractivity contribution < 1.29 is 9.53 Å². The third-order valence-corrected chi connectivity index (χ3v) is 4.29. The summed E-state index contributed by atoms with van der Waals surface area (Å²) in [6, 6.07) is 16.5. The molecule has 3 rings (SSSR count). The molecule has 0 unspecified atom stereocenters. The molecule has 0 saturated carbocycles. The van der Waals surface area contributed by atoms with Gasteiger partial charge in [0.1, 0.15) is 0 Å². The summed E-state index contributed by atoms with van der Waals surface area (Å²) >= 11 is 0. The zero-order chi connectivity index (χ0) is 20.6. The van der Waals surface area contributed by atoms with Crippen LogP contribution in [0, 0.1) is 5.41 Å². The number of carbonyl (C=O) groups excluding carboxylic acids is 1. The standard InChI is InChI=1S/C24H21N3O2/c1-29-24(28)20-10-6-17(7-11-20)4-5-18-8-12-22(25)21(15-18)23(26)13-9-19-3-2-14-27-16-19/h2-16,26H,25H2,1H3/b5-4+,13-9+,26-23?. The summed E-state index contributed by atoms with van der Waals surface area (Å²) in [6.45, 7) is 0. The van der Waals surface area contributed by atoms with Crippen LogP contribution < -0.4 is 5.73 Å². The molecule has 0 aliphatic carbocycles. The van der Waals surface area contributed by atoms with Crippen LogP contribution in [0.1, 0.15) is 32.6 Å². The molecule has 5 nitrogen and oxygen atoms in total. The van der Waals surface area contributed by atoms with Gasteiger partial charge in [0.05, 0.1) is 18.4 Å². The fourth-order valence-corrected chi connectivity index (χ4v) is 2.70. The van der Waals surface area contributed by atoms with Crippen LogP contribution in [0.25, 0.3) is 18.2 Å². The summed E-state index contributed by atoms with van der Waals surface area (Å²) in [6.07, 6.45) is 10.9. The predicted molar refractivity (Wildman–Crippen MR) is 118 cm³/mol. The van der Waals surface area contributed by atoms with Crippen LogP contribution in [0.2, 0.25) is 0 Å². The van der Waals surface area contributed by atoms with E-state index in [1.54, 1.807) is 36.7 Å². The number of benzene rings is 2. The number of methoxy groups -OCH3 is 1. The second-order valence-corrected chi connectivity index (χ2v) is 6.33. The van der Waals surface area contributed by atoms with Crippen LogP contribution in [-0.2, 0) is 4.74 Å². The molecule has 144 valence electrons. The Morgan fingerprint density at radius 1 is 1.00 bits per heavy atom. The van der Waals surface area contributed by atoms with Gasteiger partial charge in [-0.05, 0) is 53.1 Å². The summed E-state index contributed by atoms with van der Waals surface area (Å²) in [5.41, 5.74) is 10.9. The zero-order valence-corrected chi connectivity index (χ0v) is 16.0. The minimum Gasteiger partial charge on any atom is -0.465 e. The molecule has 0 fully saturated rings. The number of hydrogen-bond acceptors (Lipinski definition) is 5. The minimum absolute atomic E-state index is 0.323. The molecule has 29 heavy (non-hydrogen) atoms. The van der Waals surface area contributed by atoms with Crippen LogP contribution in [0.15, 0.2) is 73.1 Å². The Balaban J connectivity index is 1.76. The SMILES string of the molecule is COC(=O)c1ccc(/C=C/c2ccc(N)c(C(=N)/C=C/c3cccnc3)c2)cc1. The smallest absolute Gasteiger partial charge is 0.337 e. The normalized spacial score (nSPS) is 11.1. The van der Waals surface area contributed by atoms with Crippen molar-refractivity contribution in [2.45, 2.75) is 0 Å². The number of nitrogens with zero attached hydrogens (tertiary/aromatic N) is 1. The number of pyridine rings is 1. The average Bonchev–Trinajstić information content (AvgIpc) is 2.77. The van der Waals surface area contributed by atoms with Gasteiger partial charge in [0.2, 0.25) is 0 Å². The molecule has 0 bridgehead atoms. The van der Waals surface area contributed by atoms with Gasteiger partial charge in [-0.3, -0.25) is 4.98 Å². The van der Waals surface area contributed by atoms with Gasteiger partial charge in [0.25, 0.3) is 0 Å². The molecule has 3 aromatic rings. The topological polar surface area (TPSA) is 89.1 Å². The molecule has 3 N–H and O–H groups in total. The molecule has 2 aromatic carbocycles. The van der Waals surface area contributed by atoms with Crippen molar-refractivity contribution in [2.75, 3.05) is 12.8 Å². The highest BCUT2D eigenvalue weighted by molar-refractivity contribution is 6.12. The first-order chi connectivity index (χ1) is 14.1. The van der Waals surface area contributed by atoms with E-state index in [-0.39, 0.29) is 5.97 Å². The quantitative estimate of drug-likeness (QED) is 0.279. The Bertz CT molecular complexity index is 1070. The van der Waals surface area contributed by atoms with E-state index in [9.17, 15) is 4.79 Å². The van der Waals surface area contributed by atoms with Gasteiger partial charge in [-0.15, -0.1) is 0 Å². The molecule has 0 radical (unpaired) electrons. The molecule has 0 amide bonds. The Morgan fingerprint density at radius 3 is 2.41 bits per heavy atom. The maximum absolute atomic E-state index is 11.5. The molecule has 5 heteroatoms. The molecule has 0 aliphatic heterocycles. The summed E-state index contributed by atoms with van der Waals surface area (Å²) in [5, 5.41) is 8.34. The van der Waals surface area contributed by atoms with Crippen molar-refractivity contribution >= 4 is 35.6 Å². The van der Waals surface area contributed by atoms with Gasteiger partial charge in [-0.25, -0.2) is 4.79 Å². The Morgan fingerprint density at radius 2 is 1.72 bits per heavy atom. The first-order valence-corrected chi connectivity index (χ1v) is 9.00. The van der Waals surface area contributed by atoms with Gasteiger partial charge >= 0.3 is 5.97 Å². The number of nitrogens with two attached hydrogens (primary N) is 1. The van der Waals surface area contributed by atoms with Crippen molar-refractivity contribution in [3.8, 4) is 0 Å². The summed E-state index contributed by atoms with van der Waals surface area (Å²) in [5.74, 6) is -0.360. The second kappa shape index (κ2) is 9.28. The van der Waals surface area contributed by atoms with Crippen LogP contribution in [0.4, 0.5) is 5.69 Å². The lowest BCUT2D eigenvalue weighted by Gasteiger charge is -2.06. The van der Waals surface area contributed by atoms with Crippen molar-refractivity contribution in [3.63, 3.8) is 0 Å². The lowest BCUT2D eigenvalue weighted by Crippen LogP contribution is -2.01. The third kappa shape index (κ3) is 5.26.